The van der Waals surface area contributed by atoms with Gasteiger partial charge in [-0.2, -0.15) is 13.2 Å². The van der Waals surface area contributed by atoms with Gasteiger partial charge in [0.05, 0.1) is 5.88 Å². The van der Waals surface area contributed by atoms with Crippen LogP contribution >= 0.6 is 11.6 Å². The molecule has 4 nitrogen and oxygen atoms in total. The first kappa shape index (κ1) is 18.0. The summed E-state index contributed by atoms with van der Waals surface area (Å²) in [5, 5.41) is 2.11. The third-order valence-electron chi connectivity index (χ3n) is 1.88. The van der Waals surface area contributed by atoms with Crippen LogP contribution in [0.15, 0.2) is 4.99 Å². The molecule has 0 atom stereocenters. The van der Waals surface area contributed by atoms with Crippen molar-refractivity contribution < 1.29 is 22.7 Å². The lowest BCUT2D eigenvalue weighted by Crippen LogP contribution is -2.43. The molecule has 0 aliphatic heterocycles. The largest absolute Gasteiger partial charge is 0.444 e. The van der Waals surface area contributed by atoms with Crippen molar-refractivity contribution in [2.24, 2.45) is 4.99 Å². The minimum Gasteiger partial charge on any atom is -0.444 e. The van der Waals surface area contributed by atoms with E-state index < -0.39 is 23.4 Å². The maximum Gasteiger partial charge on any atom is 0.413 e. The average molecular weight is 303 g/mol. The van der Waals surface area contributed by atoms with E-state index in [1.807, 2.05) is 0 Å². The molecule has 0 aliphatic rings. The van der Waals surface area contributed by atoms with Crippen LogP contribution in [0.25, 0.3) is 0 Å². The molecule has 0 aromatic carbocycles. The van der Waals surface area contributed by atoms with Gasteiger partial charge in [-0.25, -0.2) is 4.79 Å². The van der Waals surface area contributed by atoms with Crippen LogP contribution in [0.3, 0.4) is 0 Å². The highest BCUT2D eigenvalue weighted by molar-refractivity contribution is 6.29. The summed E-state index contributed by atoms with van der Waals surface area (Å²) >= 11 is 5.47. The van der Waals surface area contributed by atoms with Gasteiger partial charge in [-0.05, 0) is 34.6 Å². The van der Waals surface area contributed by atoms with Crippen LogP contribution in [0.4, 0.5) is 18.0 Å². The summed E-state index contributed by atoms with van der Waals surface area (Å²) in [6.07, 6.45) is -5.44. The molecule has 1 N–H and O–H groups in total. The van der Waals surface area contributed by atoms with Crippen LogP contribution in [-0.2, 0) is 4.74 Å². The number of hydrogen-bond donors (Lipinski definition) is 1. The first-order valence-corrected chi connectivity index (χ1v) is 6.03. The van der Waals surface area contributed by atoms with Gasteiger partial charge in [-0.3, -0.25) is 10.3 Å². The minimum atomic E-state index is -4.54. The van der Waals surface area contributed by atoms with Crippen molar-refractivity contribution in [1.29, 1.82) is 0 Å². The number of rotatable bonds is 2. The van der Waals surface area contributed by atoms with Crippen LogP contribution in [0.5, 0.6) is 0 Å². The molecule has 8 heteroatoms. The maximum atomic E-state index is 12.6. The number of amides is 1. The fraction of sp³-hybridized carbons (Fsp3) is 0.818. The topological polar surface area (TPSA) is 50.7 Å². The summed E-state index contributed by atoms with van der Waals surface area (Å²) in [4.78, 5) is 14.8. The maximum absolute atomic E-state index is 12.6. The van der Waals surface area contributed by atoms with Crippen molar-refractivity contribution in [3.8, 4) is 0 Å². The fourth-order valence-electron chi connectivity index (χ4n) is 0.913. The Bertz CT molecular complexity index is 360. The molecular weight excluding hydrogens is 285 g/mol. The van der Waals surface area contributed by atoms with Crippen molar-refractivity contribution >= 4 is 23.5 Å². The fourth-order valence-corrected chi connectivity index (χ4v) is 1.04. The van der Waals surface area contributed by atoms with E-state index in [4.69, 9.17) is 16.3 Å². The highest BCUT2D eigenvalue weighted by Gasteiger charge is 2.47. The average Bonchev–Trinajstić information content (AvgIpc) is 2.11. The summed E-state index contributed by atoms with van der Waals surface area (Å²) in [5.41, 5.74) is -3.10. The van der Waals surface area contributed by atoms with E-state index in [1.165, 1.54) is 0 Å². The van der Waals surface area contributed by atoms with Gasteiger partial charge in [0.2, 0.25) is 0 Å². The molecule has 0 saturated carbocycles. The van der Waals surface area contributed by atoms with E-state index in [0.717, 1.165) is 13.8 Å². The second-order valence-corrected chi connectivity index (χ2v) is 5.64. The van der Waals surface area contributed by atoms with Crippen LogP contribution in [-0.4, -0.2) is 35.1 Å². The highest BCUT2D eigenvalue weighted by atomic mass is 35.5. The number of nitrogens with one attached hydrogen (secondary N) is 1. The quantitative estimate of drug-likeness (QED) is 0.482. The summed E-state index contributed by atoms with van der Waals surface area (Å²) in [5.74, 6) is -0.656. The predicted molar refractivity (Wildman–Crippen MR) is 67.7 cm³/mol. The molecule has 0 heterocycles. The zero-order valence-electron chi connectivity index (χ0n) is 11.5. The van der Waals surface area contributed by atoms with Gasteiger partial charge in [0, 0.05) is 0 Å². The number of ether oxygens (including phenoxy) is 1. The number of halogens is 4. The van der Waals surface area contributed by atoms with Crippen molar-refractivity contribution in [3.63, 3.8) is 0 Å². The smallest absolute Gasteiger partial charge is 0.413 e. The molecule has 0 aromatic rings. The van der Waals surface area contributed by atoms with E-state index in [2.05, 4.69) is 10.3 Å². The second-order valence-electron chi connectivity index (χ2n) is 5.38. The Morgan fingerprint density at radius 3 is 2.00 bits per heavy atom. The van der Waals surface area contributed by atoms with Crippen LogP contribution in [0.2, 0.25) is 0 Å². The van der Waals surface area contributed by atoms with Gasteiger partial charge in [-0.1, -0.05) is 0 Å². The van der Waals surface area contributed by atoms with Gasteiger partial charge in [-0.15, -0.1) is 11.6 Å². The Morgan fingerprint density at radius 2 is 1.68 bits per heavy atom. The number of amidine groups is 1. The number of carbonyl (C=O) groups excluding carboxylic acids is 1. The Labute approximate surface area is 115 Å². The molecule has 0 bridgehead atoms. The molecule has 0 fully saturated rings. The normalized spacial score (nSPS) is 14.3. The Balaban J connectivity index is 4.91. The Kier molecular flexibility index (Phi) is 5.67. The van der Waals surface area contributed by atoms with Crippen molar-refractivity contribution in [2.75, 3.05) is 5.88 Å². The van der Waals surface area contributed by atoms with E-state index in [-0.39, 0.29) is 11.7 Å². The molecule has 0 radical (unpaired) electrons. The van der Waals surface area contributed by atoms with Crippen LogP contribution in [0, 0.1) is 0 Å². The van der Waals surface area contributed by atoms with Gasteiger partial charge in [0.1, 0.15) is 11.4 Å². The van der Waals surface area contributed by atoms with Gasteiger partial charge >= 0.3 is 12.3 Å². The lowest BCUT2D eigenvalue weighted by molar-refractivity contribution is -0.174. The van der Waals surface area contributed by atoms with E-state index in [1.54, 1.807) is 20.8 Å². The van der Waals surface area contributed by atoms with Crippen molar-refractivity contribution in [2.45, 2.75) is 51.9 Å². The standard InChI is InChI=1S/C11H18ClF3N2O2/c1-9(2,3)19-8(18)16-7(6-12)17-10(4,5)11(13,14)15/h6H2,1-5H3,(H,16,17,18). The lowest BCUT2D eigenvalue weighted by Gasteiger charge is -2.25. The highest BCUT2D eigenvalue weighted by Crippen LogP contribution is 2.32. The molecule has 0 rings (SSSR count). The predicted octanol–water partition coefficient (Wildman–Crippen LogP) is 3.49. The van der Waals surface area contributed by atoms with Crippen LogP contribution < -0.4 is 5.32 Å². The molecule has 0 saturated heterocycles. The number of aliphatic imine (C=N–C) groups is 1. The first-order chi connectivity index (χ1) is 8.28. The van der Waals surface area contributed by atoms with E-state index >= 15 is 0 Å². The van der Waals surface area contributed by atoms with Crippen LogP contribution in [0.1, 0.15) is 34.6 Å². The van der Waals surface area contributed by atoms with E-state index in [0.29, 0.717) is 0 Å². The zero-order valence-corrected chi connectivity index (χ0v) is 12.2. The summed E-state index contributed by atoms with van der Waals surface area (Å²) < 4.78 is 42.8. The Morgan fingerprint density at radius 1 is 1.21 bits per heavy atom. The SMILES string of the molecule is CC(C)(C)OC(=O)N/C(CCl)=N\C(C)(C)C(F)(F)F. The molecule has 1 amide bonds. The van der Waals surface area contributed by atoms with E-state index in [9.17, 15) is 18.0 Å². The molecule has 0 aliphatic carbocycles. The number of alkyl carbamates (subject to hydrolysis) is 1. The molecule has 112 valence electrons. The summed E-state index contributed by atoms with van der Waals surface area (Å²) in [6, 6.07) is 0. The first-order valence-electron chi connectivity index (χ1n) is 5.50. The summed E-state index contributed by atoms with van der Waals surface area (Å²) in [6.45, 7) is 6.66. The van der Waals surface area contributed by atoms with Gasteiger partial charge in [0.25, 0.3) is 0 Å². The zero-order chi connectivity index (χ0) is 15.5. The van der Waals surface area contributed by atoms with Gasteiger partial charge in [0.15, 0.2) is 5.54 Å². The number of hydrogen-bond acceptors (Lipinski definition) is 3. The number of nitrogens with zero attached hydrogens (tertiary/aromatic N) is 1. The molecule has 0 aromatic heterocycles. The third-order valence-corrected chi connectivity index (χ3v) is 2.13. The third kappa shape index (κ3) is 6.66. The minimum absolute atomic E-state index is 0.293. The molecular formula is C11H18ClF3N2O2. The molecule has 0 unspecified atom stereocenters. The summed E-state index contributed by atoms with van der Waals surface area (Å²) in [7, 11) is 0. The number of alkyl halides is 4. The second kappa shape index (κ2) is 5.98. The van der Waals surface area contributed by atoms with Crippen molar-refractivity contribution in [3.05, 3.63) is 0 Å². The monoisotopic (exact) mass is 302 g/mol. The molecule has 0 spiro atoms. The molecule has 19 heavy (non-hydrogen) atoms. The van der Waals surface area contributed by atoms with Gasteiger partial charge < -0.3 is 4.74 Å². The lowest BCUT2D eigenvalue weighted by atomic mass is 10.1. The number of carbonyl (C=O) groups is 1. The Hall–Kier alpha value is -0.980. The van der Waals surface area contributed by atoms with Crippen molar-refractivity contribution in [1.82, 2.24) is 5.32 Å².